The van der Waals surface area contributed by atoms with Gasteiger partial charge >= 0.3 is 0 Å². The Morgan fingerprint density at radius 3 is 2.60 bits per heavy atom. The van der Waals surface area contributed by atoms with Gasteiger partial charge in [0.05, 0.1) is 4.90 Å². The molecule has 25 heavy (non-hydrogen) atoms. The molecule has 7 nitrogen and oxygen atoms in total. The highest BCUT2D eigenvalue weighted by atomic mass is 32.2. The van der Waals surface area contributed by atoms with Gasteiger partial charge in [-0.05, 0) is 37.6 Å². The minimum atomic E-state index is -3.62. The molecule has 2 rings (SSSR count). The molecule has 0 bridgehead atoms. The van der Waals surface area contributed by atoms with Gasteiger partial charge in [-0.3, -0.25) is 9.59 Å². The van der Waals surface area contributed by atoms with Crippen LogP contribution in [0.25, 0.3) is 0 Å². The number of unbranched alkanes of at least 4 members (excludes halogenated alkanes) is 1. The second-order valence-corrected chi connectivity index (χ2v) is 7.36. The number of H-pyrrole nitrogens is 1. The van der Waals surface area contributed by atoms with Crippen LogP contribution in [0.15, 0.2) is 41.4 Å². The van der Waals surface area contributed by atoms with E-state index in [1.165, 1.54) is 31.3 Å². The predicted molar refractivity (Wildman–Crippen MR) is 95.3 cm³/mol. The Morgan fingerprint density at radius 2 is 1.96 bits per heavy atom. The summed E-state index contributed by atoms with van der Waals surface area (Å²) < 4.78 is 27.0. The van der Waals surface area contributed by atoms with Crippen LogP contribution in [0.5, 0.6) is 0 Å². The second kappa shape index (κ2) is 8.09. The van der Waals surface area contributed by atoms with Crippen LogP contribution in [-0.4, -0.2) is 31.6 Å². The average Bonchev–Trinajstić information content (AvgIpc) is 3.06. The lowest BCUT2D eigenvalue weighted by Crippen LogP contribution is -2.24. The molecular formula is C17H21N3O4S. The van der Waals surface area contributed by atoms with E-state index in [1.807, 2.05) is 6.92 Å². The Bertz CT molecular complexity index is 872. The first-order valence-corrected chi connectivity index (χ1v) is 9.42. The zero-order valence-corrected chi connectivity index (χ0v) is 14.9. The molecule has 0 aliphatic heterocycles. The van der Waals surface area contributed by atoms with Crippen molar-refractivity contribution in [2.45, 2.75) is 31.6 Å². The first kappa shape index (κ1) is 18.9. The molecule has 0 saturated heterocycles. The summed E-state index contributed by atoms with van der Waals surface area (Å²) in [7, 11) is -3.62. The molecule has 3 N–H and O–H groups in total. The highest BCUT2D eigenvalue weighted by molar-refractivity contribution is 7.89. The van der Waals surface area contributed by atoms with Gasteiger partial charge in [0.1, 0.15) is 5.69 Å². The monoisotopic (exact) mass is 363 g/mol. The van der Waals surface area contributed by atoms with Crippen molar-refractivity contribution in [3.63, 3.8) is 0 Å². The molecule has 1 aromatic heterocycles. The van der Waals surface area contributed by atoms with Gasteiger partial charge in [0.2, 0.25) is 10.0 Å². The topological polar surface area (TPSA) is 108 Å². The van der Waals surface area contributed by atoms with E-state index in [4.69, 9.17) is 0 Å². The zero-order valence-electron chi connectivity index (χ0n) is 14.1. The number of sulfonamides is 1. The summed E-state index contributed by atoms with van der Waals surface area (Å²) in [5, 5.41) is 2.62. The third-order valence-corrected chi connectivity index (χ3v) is 5.02. The van der Waals surface area contributed by atoms with Crippen molar-refractivity contribution in [3.8, 4) is 0 Å². The minimum absolute atomic E-state index is 0.0808. The number of benzene rings is 1. The fourth-order valence-corrected chi connectivity index (χ4v) is 3.25. The van der Waals surface area contributed by atoms with E-state index in [0.717, 1.165) is 12.8 Å². The Morgan fingerprint density at radius 1 is 1.20 bits per heavy atom. The van der Waals surface area contributed by atoms with Gasteiger partial charge in [-0.25, -0.2) is 13.1 Å². The molecule has 2 aromatic rings. The van der Waals surface area contributed by atoms with Crippen molar-refractivity contribution in [1.29, 1.82) is 0 Å². The standard InChI is InChI=1S/C17H21N3O4S/c1-3-4-8-19-25(23,24)15-7-5-6-14(10-15)20-17(22)16-9-13(11-18-16)12(2)21/h5-7,9-11,18-19H,3-4,8H2,1-2H3,(H,20,22). The number of aromatic nitrogens is 1. The summed E-state index contributed by atoms with van der Waals surface area (Å²) in [5.74, 6) is -0.609. The maximum Gasteiger partial charge on any atom is 0.272 e. The summed E-state index contributed by atoms with van der Waals surface area (Å²) in [6, 6.07) is 7.45. The van der Waals surface area contributed by atoms with E-state index in [1.54, 1.807) is 12.1 Å². The highest BCUT2D eigenvalue weighted by Gasteiger charge is 2.15. The van der Waals surface area contributed by atoms with Crippen LogP contribution < -0.4 is 10.0 Å². The van der Waals surface area contributed by atoms with Gasteiger partial charge in [-0.1, -0.05) is 19.4 Å². The number of rotatable bonds is 8. The number of nitrogens with one attached hydrogen (secondary N) is 3. The molecule has 0 fully saturated rings. The SMILES string of the molecule is CCCCNS(=O)(=O)c1cccc(NC(=O)c2cc(C(C)=O)c[nH]2)c1. The van der Waals surface area contributed by atoms with E-state index in [2.05, 4.69) is 15.0 Å². The van der Waals surface area contributed by atoms with Crippen molar-refractivity contribution in [2.75, 3.05) is 11.9 Å². The summed E-state index contributed by atoms with van der Waals surface area (Å²) in [5.41, 5.74) is 0.975. The van der Waals surface area contributed by atoms with Crippen LogP contribution >= 0.6 is 0 Å². The third kappa shape index (κ3) is 5.01. The average molecular weight is 363 g/mol. The first-order chi connectivity index (χ1) is 11.8. The van der Waals surface area contributed by atoms with Crippen LogP contribution in [0.3, 0.4) is 0 Å². The number of aromatic amines is 1. The van der Waals surface area contributed by atoms with Gasteiger partial charge < -0.3 is 10.3 Å². The molecule has 134 valence electrons. The molecular weight excluding hydrogens is 342 g/mol. The molecule has 0 atom stereocenters. The Balaban J connectivity index is 2.12. The second-order valence-electron chi connectivity index (χ2n) is 5.59. The molecule has 0 unspecified atom stereocenters. The maximum atomic E-state index is 12.2. The summed E-state index contributed by atoms with van der Waals surface area (Å²) in [4.78, 5) is 26.3. The van der Waals surface area contributed by atoms with Crippen LogP contribution in [0.2, 0.25) is 0 Å². The molecule has 0 saturated carbocycles. The van der Waals surface area contributed by atoms with Crippen molar-refractivity contribution in [1.82, 2.24) is 9.71 Å². The fraction of sp³-hybridized carbons (Fsp3) is 0.294. The minimum Gasteiger partial charge on any atom is -0.356 e. The summed E-state index contributed by atoms with van der Waals surface area (Å²) in [6.45, 7) is 3.75. The highest BCUT2D eigenvalue weighted by Crippen LogP contribution is 2.16. The molecule has 0 radical (unpaired) electrons. The lowest BCUT2D eigenvalue weighted by Gasteiger charge is -2.09. The molecule has 1 heterocycles. The van der Waals surface area contributed by atoms with Crippen LogP contribution in [0.4, 0.5) is 5.69 Å². The fourth-order valence-electron chi connectivity index (χ4n) is 2.13. The Hall–Kier alpha value is -2.45. The van der Waals surface area contributed by atoms with Gasteiger partial charge in [-0.2, -0.15) is 0 Å². The van der Waals surface area contributed by atoms with Gasteiger partial charge in [0.15, 0.2) is 5.78 Å². The quantitative estimate of drug-likeness (QED) is 0.495. The number of ketones is 1. The number of carbonyl (C=O) groups excluding carboxylic acids is 2. The number of anilines is 1. The zero-order chi connectivity index (χ0) is 18.4. The summed E-state index contributed by atoms with van der Waals surface area (Å²) in [6.07, 6.45) is 3.09. The molecule has 0 aliphatic rings. The molecule has 0 aliphatic carbocycles. The number of hydrogen-bond donors (Lipinski definition) is 3. The largest absolute Gasteiger partial charge is 0.356 e. The molecule has 1 aromatic carbocycles. The van der Waals surface area contributed by atoms with Crippen molar-refractivity contribution in [2.24, 2.45) is 0 Å². The van der Waals surface area contributed by atoms with E-state index in [0.29, 0.717) is 17.8 Å². The number of amides is 1. The Labute approximate surface area is 146 Å². The predicted octanol–water partition coefficient (Wildman–Crippen LogP) is 2.55. The lowest BCUT2D eigenvalue weighted by molar-refractivity contribution is 0.101. The normalized spacial score (nSPS) is 11.3. The van der Waals surface area contributed by atoms with E-state index in [9.17, 15) is 18.0 Å². The molecule has 0 spiro atoms. The van der Waals surface area contributed by atoms with Gasteiger partial charge in [0, 0.05) is 24.0 Å². The third-order valence-electron chi connectivity index (χ3n) is 3.56. The van der Waals surface area contributed by atoms with Crippen LogP contribution in [0.1, 0.15) is 47.5 Å². The first-order valence-electron chi connectivity index (χ1n) is 7.94. The Kier molecular flexibility index (Phi) is 6.11. The van der Waals surface area contributed by atoms with E-state index >= 15 is 0 Å². The summed E-state index contributed by atoms with van der Waals surface area (Å²) >= 11 is 0. The van der Waals surface area contributed by atoms with Crippen LogP contribution in [0, 0.1) is 0 Å². The van der Waals surface area contributed by atoms with Crippen molar-refractivity contribution >= 4 is 27.4 Å². The number of carbonyl (C=O) groups is 2. The van der Waals surface area contributed by atoms with Crippen molar-refractivity contribution in [3.05, 3.63) is 47.8 Å². The molecule has 1 amide bonds. The molecule has 8 heteroatoms. The lowest BCUT2D eigenvalue weighted by atomic mass is 10.2. The van der Waals surface area contributed by atoms with E-state index in [-0.39, 0.29) is 16.4 Å². The maximum absolute atomic E-state index is 12.2. The smallest absolute Gasteiger partial charge is 0.272 e. The number of hydrogen-bond acceptors (Lipinski definition) is 4. The van der Waals surface area contributed by atoms with Gasteiger partial charge in [-0.15, -0.1) is 0 Å². The number of Topliss-reactive ketones (excluding diaryl/α,β-unsaturated/α-hetero) is 1. The van der Waals surface area contributed by atoms with E-state index < -0.39 is 15.9 Å². The van der Waals surface area contributed by atoms with Gasteiger partial charge in [0.25, 0.3) is 5.91 Å². The van der Waals surface area contributed by atoms with Crippen LogP contribution in [-0.2, 0) is 10.0 Å². The van der Waals surface area contributed by atoms with Crippen molar-refractivity contribution < 1.29 is 18.0 Å².